The lowest BCUT2D eigenvalue weighted by Crippen LogP contribution is -2.13. The number of amides is 1. The Morgan fingerprint density at radius 1 is 1.29 bits per heavy atom. The summed E-state index contributed by atoms with van der Waals surface area (Å²) in [7, 11) is 1.76. The van der Waals surface area contributed by atoms with Crippen LogP contribution in [0, 0.1) is 6.92 Å². The number of aryl methyl sites for hydroxylation is 1. The van der Waals surface area contributed by atoms with E-state index in [0.29, 0.717) is 16.4 Å². The quantitative estimate of drug-likeness (QED) is 0.778. The molecule has 0 aliphatic heterocycles. The largest absolute Gasteiger partial charge is 0.386 e. The molecule has 0 saturated carbocycles. The standard InChI is InChI=1S/C15H14N4OS/c1-9-3-4-11-13(7-9)21-15(18-11)19-14(20)10-5-6-17-8-12(10)16-2/h3-8,16H,1-2H3,(H,18,19,20). The first-order chi connectivity index (χ1) is 10.2. The van der Waals surface area contributed by atoms with E-state index >= 15 is 0 Å². The number of hydrogen-bond acceptors (Lipinski definition) is 5. The number of carbonyl (C=O) groups excluding carboxylic acids is 1. The van der Waals surface area contributed by atoms with Crippen LogP contribution in [0.5, 0.6) is 0 Å². The van der Waals surface area contributed by atoms with Gasteiger partial charge in [0.25, 0.3) is 5.91 Å². The van der Waals surface area contributed by atoms with Gasteiger partial charge in [-0.15, -0.1) is 0 Å². The molecule has 3 aromatic rings. The summed E-state index contributed by atoms with van der Waals surface area (Å²) in [6.07, 6.45) is 3.22. The molecule has 1 amide bonds. The number of carbonyl (C=O) groups is 1. The minimum atomic E-state index is -0.197. The van der Waals surface area contributed by atoms with Crippen LogP contribution in [0.15, 0.2) is 36.7 Å². The number of rotatable bonds is 3. The molecule has 5 nitrogen and oxygen atoms in total. The lowest BCUT2D eigenvalue weighted by atomic mass is 10.2. The van der Waals surface area contributed by atoms with Crippen LogP contribution in [0.1, 0.15) is 15.9 Å². The summed E-state index contributed by atoms with van der Waals surface area (Å²) >= 11 is 1.47. The Kier molecular flexibility index (Phi) is 3.53. The van der Waals surface area contributed by atoms with Gasteiger partial charge < -0.3 is 5.32 Å². The van der Waals surface area contributed by atoms with Gasteiger partial charge in [-0.2, -0.15) is 0 Å². The Morgan fingerprint density at radius 2 is 2.14 bits per heavy atom. The number of anilines is 2. The molecule has 0 spiro atoms. The van der Waals surface area contributed by atoms with Crippen molar-refractivity contribution in [2.75, 3.05) is 17.7 Å². The minimum Gasteiger partial charge on any atom is -0.386 e. The first-order valence-electron chi connectivity index (χ1n) is 6.47. The van der Waals surface area contributed by atoms with Crippen molar-refractivity contribution in [2.24, 2.45) is 0 Å². The zero-order chi connectivity index (χ0) is 14.8. The smallest absolute Gasteiger partial charge is 0.259 e. The van der Waals surface area contributed by atoms with Gasteiger partial charge in [0.15, 0.2) is 5.13 Å². The molecule has 106 valence electrons. The molecular formula is C15H14N4OS. The maximum Gasteiger partial charge on any atom is 0.259 e. The highest BCUT2D eigenvalue weighted by atomic mass is 32.1. The van der Waals surface area contributed by atoms with Crippen LogP contribution in [-0.2, 0) is 0 Å². The fourth-order valence-electron chi connectivity index (χ4n) is 2.04. The van der Waals surface area contributed by atoms with Crippen LogP contribution in [0.4, 0.5) is 10.8 Å². The van der Waals surface area contributed by atoms with Crippen molar-refractivity contribution in [1.29, 1.82) is 0 Å². The number of thiazole rings is 1. The average Bonchev–Trinajstić information content (AvgIpc) is 2.88. The van der Waals surface area contributed by atoms with E-state index in [1.165, 1.54) is 16.9 Å². The van der Waals surface area contributed by atoms with E-state index in [2.05, 4.69) is 26.7 Å². The van der Waals surface area contributed by atoms with Crippen molar-refractivity contribution < 1.29 is 4.79 Å². The molecule has 0 aliphatic carbocycles. The number of pyridine rings is 1. The highest BCUT2D eigenvalue weighted by molar-refractivity contribution is 7.22. The van der Waals surface area contributed by atoms with Crippen molar-refractivity contribution in [2.45, 2.75) is 6.92 Å². The zero-order valence-electron chi connectivity index (χ0n) is 11.7. The molecule has 0 atom stereocenters. The van der Waals surface area contributed by atoms with E-state index in [1.54, 1.807) is 25.5 Å². The van der Waals surface area contributed by atoms with Gasteiger partial charge in [-0.25, -0.2) is 4.98 Å². The summed E-state index contributed by atoms with van der Waals surface area (Å²) in [5.74, 6) is -0.197. The zero-order valence-corrected chi connectivity index (χ0v) is 12.5. The number of nitrogens with one attached hydrogen (secondary N) is 2. The molecule has 2 N–H and O–H groups in total. The molecule has 0 unspecified atom stereocenters. The second-order valence-electron chi connectivity index (χ2n) is 4.62. The lowest BCUT2D eigenvalue weighted by Gasteiger charge is -2.06. The molecule has 6 heteroatoms. The Bertz CT molecular complexity index is 812. The highest BCUT2D eigenvalue weighted by Gasteiger charge is 2.13. The van der Waals surface area contributed by atoms with Gasteiger partial charge in [0.2, 0.25) is 0 Å². The van der Waals surface area contributed by atoms with E-state index in [-0.39, 0.29) is 5.91 Å². The molecule has 2 aromatic heterocycles. The molecule has 1 aromatic carbocycles. The normalized spacial score (nSPS) is 10.6. The van der Waals surface area contributed by atoms with Gasteiger partial charge in [0, 0.05) is 13.2 Å². The summed E-state index contributed by atoms with van der Waals surface area (Å²) < 4.78 is 1.06. The number of aromatic nitrogens is 2. The first kappa shape index (κ1) is 13.5. The summed E-state index contributed by atoms with van der Waals surface area (Å²) in [5, 5.41) is 6.40. The molecule has 21 heavy (non-hydrogen) atoms. The van der Waals surface area contributed by atoms with E-state index in [9.17, 15) is 4.79 Å². The van der Waals surface area contributed by atoms with Crippen LogP contribution in [0.2, 0.25) is 0 Å². The Labute approximate surface area is 126 Å². The molecular weight excluding hydrogens is 284 g/mol. The van der Waals surface area contributed by atoms with Crippen molar-refractivity contribution in [3.05, 3.63) is 47.8 Å². The van der Waals surface area contributed by atoms with Crippen LogP contribution in [0.3, 0.4) is 0 Å². The molecule has 3 rings (SSSR count). The minimum absolute atomic E-state index is 0.197. The number of hydrogen-bond donors (Lipinski definition) is 2. The lowest BCUT2D eigenvalue weighted by molar-refractivity contribution is 0.102. The molecule has 0 fully saturated rings. The van der Waals surface area contributed by atoms with Gasteiger partial charge >= 0.3 is 0 Å². The monoisotopic (exact) mass is 298 g/mol. The molecule has 0 radical (unpaired) electrons. The van der Waals surface area contributed by atoms with Crippen molar-refractivity contribution in [3.63, 3.8) is 0 Å². The number of benzene rings is 1. The third kappa shape index (κ3) is 2.71. The predicted octanol–water partition coefficient (Wildman–Crippen LogP) is 3.29. The molecule has 0 aliphatic rings. The summed E-state index contributed by atoms with van der Waals surface area (Å²) in [6, 6.07) is 7.71. The molecule has 0 bridgehead atoms. The van der Waals surface area contributed by atoms with Gasteiger partial charge in [-0.1, -0.05) is 17.4 Å². The topological polar surface area (TPSA) is 66.9 Å². The van der Waals surface area contributed by atoms with Gasteiger partial charge in [0.05, 0.1) is 27.7 Å². The number of nitrogens with zero attached hydrogens (tertiary/aromatic N) is 2. The molecule has 2 heterocycles. The second kappa shape index (κ2) is 5.49. The number of fused-ring (bicyclic) bond motifs is 1. The van der Waals surface area contributed by atoms with Crippen molar-refractivity contribution in [3.8, 4) is 0 Å². The average molecular weight is 298 g/mol. The van der Waals surface area contributed by atoms with Crippen LogP contribution in [-0.4, -0.2) is 22.9 Å². The van der Waals surface area contributed by atoms with Crippen molar-refractivity contribution in [1.82, 2.24) is 9.97 Å². The SMILES string of the molecule is CNc1cnccc1C(=O)Nc1nc2ccc(C)cc2s1. The summed E-state index contributed by atoms with van der Waals surface area (Å²) in [4.78, 5) is 20.7. The van der Waals surface area contributed by atoms with Crippen LogP contribution < -0.4 is 10.6 Å². The molecule has 0 saturated heterocycles. The Hall–Kier alpha value is -2.47. The van der Waals surface area contributed by atoms with E-state index < -0.39 is 0 Å². The Morgan fingerprint density at radius 3 is 2.95 bits per heavy atom. The predicted molar refractivity (Wildman–Crippen MR) is 86.1 cm³/mol. The van der Waals surface area contributed by atoms with Gasteiger partial charge in [-0.3, -0.25) is 15.1 Å². The van der Waals surface area contributed by atoms with Gasteiger partial charge in [0.1, 0.15) is 0 Å². The third-order valence-corrected chi connectivity index (χ3v) is 4.03. The van der Waals surface area contributed by atoms with Crippen LogP contribution in [0.25, 0.3) is 10.2 Å². The second-order valence-corrected chi connectivity index (χ2v) is 5.65. The van der Waals surface area contributed by atoms with E-state index in [4.69, 9.17) is 0 Å². The third-order valence-electron chi connectivity index (χ3n) is 3.10. The Balaban J connectivity index is 1.89. The van der Waals surface area contributed by atoms with E-state index in [1.807, 2.05) is 19.1 Å². The van der Waals surface area contributed by atoms with Gasteiger partial charge in [-0.05, 0) is 30.7 Å². The van der Waals surface area contributed by atoms with Crippen molar-refractivity contribution >= 4 is 38.3 Å². The maximum absolute atomic E-state index is 12.3. The fraction of sp³-hybridized carbons (Fsp3) is 0.133. The highest BCUT2D eigenvalue weighted by Crippen LogP contribution is 2.27. The van der Waals surface area contributed by atoms with Crippen LogP contribution >= 0.6 is 11.3 Å². The fourth-order valence-corrected chi connectivity index (χ4v) is 3.00. The summed E-state index contributed by atoms with van der Waals surface area (Å²) in [6.45, 7) is 2.04. The summed E-state index contributed by atoms with van der Waals surface area (Å²) in [5.41, 5.74) is 3.30. The first-order valence-corrected chi connectivity index (χ1v) is 7.29. The maximum atomic E-state index is 12.3. The van der Waals surface area contributed by atoms with E-state index in [0.717, 1.165) is 10.2 Å².